The first-order chi connectivity index (χ1) is 9.26. The molecule has 3 unspecified atom stereocenters. The van der Waals surface area contributed by atoms with Crippen LogP contribution in [0.5, 0.6) is 0 Å². The van der Waals surface area contributed by atoms with Crippen molar-refractivity contribution in [2.75, 3.05) is 26.8 Å². The van der Waals surface area contributed by atoms with E-state index in [1.54, 1.807) is 0 Å². The zero-order chi connectivity index (χ0) is 13.7. The molecule has 0 aromatic heterocycles. The van der Waals surface area contributed by atoms with Crippen molar-refractivity contribution in [1.82, 2.24) is 10.2 Å². The van der Waals surface area contributed by atoms with Crippen LogP contribution < -0.4 is 5.32 Å². The molecular weight excluding hydrogens is 236 g/mol. The third kappa shape index (κ3) is 3.93. The Bertz CT molecular complexity index is 253. The van der Waals surface area contributed by atoms with Crippen LogP contribution in [0.2, 0.25) is 0 Å². The summed E-state index contributed by atoms with van der Waals surface area (Å²) in [5.74, 6) is 0.906. The standard InChI is InChI=1S/C16H32N2O/c1-4-15-10-17-16(14-8-6-5-7-9-14)11-18(15)13(2)12-19-3/h13-17H,4-12H2,1-3H3. The third-order valence-corrected chi connectivity index (χ3v) is 5.16. The minimum absolute atomic E-state index is 0.545. The molecule has 0 radical (unpaired) electrons. The van der Waals surface area contributed by atoms with Crippen LogP contribution in [-0.4, -0.2) is 49.8 Å². The summed E-state index contributed by atoms with van der Waals surface area (Å²) in [6.07, 6.45) is 8.42. The van der Waals surface area contributed by atoms with Crippen LogP contribution in [0.15, 0.2) is 0 Å². The first-order valence-corrected chi connectivity index (χ1v) is 8.24. The summed E-state index contributed by atoms with van der Waals surface area (Å²) in [7, 11) is 1.82. The zero-order valence-corrected chi connectivity index (χ0v) is 13.0. The fraction of sp³-hybridized carbons (Fsp3) is 1.00. The Morgan fingerprint density at radius 3 is 2.63 bits per heavy atom. The number of ether oxygens (including phenoxy) is 1. The van der Waals surface area contributed by atoms with Gasteiger partial charge in [0.2, 0.25) is 0 Å². The van der Waals surface area contributed by atoms with Crippen molar-refractivity contribution >= 4 is 0 Å². The van der Waals surface area contributed by atoms with E-state index in [4.69, 9.17) is 4.74 Å². The highest BCUT2D eigenvalue weighted by atomic mass is 16.5. The predicted octanol–water partition coefficient (Wildman–Crippen LogP) is 2.65. The maximum Gasteiger partial charge on any atom is 0.0615 e. The lowest BCUT2D eigenvalue weighted by molar-refractivity contribution is 0.0263. The molecule has 0 aromatic rings. The molecule has 2 rings (SSSR count). The van der Waals surface area contributed by atoms with E-state index < -0.39 is 0 Å². The van der Waals surface area contributed by atoms with Gasteiger partial charge >= 0.3 is 0 Å². The summed E-state index contributed by atoms with van der Waals surface area (Å²) < 4.78 is 5.37. The Morgan fingerprint density at radius 2 is 2.00 bits per heavy atom. The molecule has 112 valence electrons. The molecule has 1 aliphatic carbocycles. The lowest BCUT2D eigenvalue weighted by Crippen LogP contribution is -2.61. The average molecular weight is 268 g/mol. The topological polar surface area (TPSA) is 24.5 Å². The number of hydrogen-bond acceptors (Lipinski definition) is 3. The van der Waals surface area contributed by atoms with Gasteiger partial charge in [-0.05, 0) is 32.1 Å². The lowest BCUT2D eigenvalue weighted by Gasteiger charge is -2.46. The number of hydrogen-bond donors (Lipinski definition) is 1. The van der Waals surface area contributed by atoms with Crippen molar-refractivity contribution in [1.29, 1.82) is 0 Å². The van der Waals surface area contributed by atoms with Gasteiger partial charge in [0.05, 0.1) is 6.61 Å². The largest absolute Gasteiger partial charge is 0.383 e. The van der Waals surface area contributed by atoms with Gasteiger partial charge in [-0.1, -0.05) is 26.2 Å². The second-order valence-corrected chi connectivity index (χ2v) is 6.48. The van der Waals surface area contributed by atoms with E-state index in [9.17, 15) is 0 Å². The Labute approximate surface area is 119 Å². The Kier molecular flexibility index (Phi) is 6.11. The van der Waals surface area contributed by atoms with Crippen molar-refractivity contribution in [3.63, 3.8) is 0 Å². The van der Waals surface area contributed by atoms with Crippen LogP contribution >= 0.6 is 0 Å². The summed E-state index contributed by atoms with van der Waals surface area (Å²) in [5.41, 5.74) is 0. The smallest absolute Gasteiger partial charge is 0.0615 e. The predicted molar refractivity (Wildman–Crippen MR) is 80.5 cm³/mol. The van der Waals surface area contributed by atoms with Gasteiger partial charge in [-0.25, -0.2) is 0 Å². The van der Waals surface area contributed by atoms with Crippen LogP contribution in [0.1, 0.15) is 52.4 Å². The minimum atomic E-state index is 0.545. The normalized spacial score (nSPS) is 32.4. The van der Waals surface area contributed by atoms with Crippen LogP contribution in [0.4, 0.5) is 0 Å². The molecule has 3 nitrogen and oxygen atoms in total. The van der Waals surface area contributed by atoms with Crippen molar-refractivity contribution < 1.29 is 4.74 Å². The summed E-state index contributed by atoms with van der Waals surface area (Å²) >= 11 is 0. The van der Waals surface area contributed by atoms with E-state index >= 15 is 0 Å². The molecule has 2 aliphatic rings. The van der Waals surface area contributed by atoms with Gasteiger partial charge in [-0.3, -0.25) is 4.90 Å². The summed E-state index contributed by atoms with van der Waals surface area (Å²) in [5, 5.41) is 3.83. The fourth-order valence-electron chi connectivity index (χ4n) is 3.95. The minimum Gasteiger partial charge on any atom is -0.383 e. The van der Waals surface area contributed by atoms with Gasteiger partial charge in [0.1, 0.15) is 0 Å². The zero-order valence-electron chi connectivity index (χ0n) is 13.0. The first-order valence-electron chi connectivity index (χ1n) is 8.24. The Morgan fingerprint density at radius 1 is 1.26 bits per heavy atom. The van der Waals surface area contributed by atoms with Gasteiger partial charge in [-0.15, -0.1) is 0 Å². The molecule has 1 N–H and O–H groups in total. The molecule has 0 spiro atoms. The quantitative estimate of drug-likeness (QED) is 0.829. The number of piperazine rings is 1. The van der Waals surface area contributed by atoms with E-state index in [1.165, 1.54) is 45.1 Å². The molecule has 0 amide bonds. The second-order valence-electron chi connectivity index (χ2n) is 6.48. The Hall–Kier alpha value is -0.120. The first kappa shape index (κ1) is 15.3. The molecule has 3 atom stereocenters. The SMILES string of the molecule is CCC1CNC(C2CCCCC2)CN1C(C)COC. The summed E-state index contributed by atoms with van der Waals surface area (Å²) in [6.45, 7) is 7.85. The maximum absolute atomic E-state index is 5.37. The van der Waals surface area contributed by atoms with Crippen LogP contribution in [0.25, 0.3) is 0 Å². The van der Waals surface area contributed by atoms with Gasteiger partial charge in [0.25, 0.3) is 0 Å². The van der Waals surface area contributed by atoms with E-state index in [1.807, 2.05) is 7.11 Å². The average Bonchev–Trinajstić information content (AvgIpc) is 2.47. The second kappa shape index (κ2) is 7.61. The van der Waals surface area contributed by atoms with Gasteiger partial charge in [0, 0.05) is 38.3 Å². The highest BCUT2D eigenvalue weighted by molar-refractivity contribution is 4.92. The lowest BCUT2D eigenvalue weighted by atomic mass is 9.82. The van der Waals surface area contributed by atoms with Crippen molar-refractivity contribution in [2.24, 2.45) is 5.92 Å². The highest BCUT2D eigenvalue weighted by Crippen LogP contribution is 2.29. The summed E-state index contributed by atoms with van der Waals surface area (Å²) in [6, 6.07) is 1.94. The molecule has 1 aliphatic heterocycles. The van der Waals surface area contributed by atoms with Crippen LogP contribution in [0.3, 0.4) is 0 Å². The van der Waals surface area contributed by atoms with Crippen LogP contribution in [0, 0.1) is 5.92 Å². The maximum atomic E-state index is 5.37. The molecule has 3 heteroatoms. The molecule has 1 saturated heterocycles. The van der Waals surface area contributed by atoms with E-state index in [0.29, 0.717) is 18.1 Å². The number of nitrogens with one attached hydrogen (secondary N) is 1. The van der Waals surface area contributed by atoms with Gasteiger partial charge < -0.3 is 10.1 Å². The monoisotopic (exact) mass is 268 g/mol. The van der Waals surface area contributed by atoms with Crippen molar-refractivity contribution in [2.45, 2.75) is 70.5 Å². The Balaban J connectivity index is 1.94. The molecule has 0 bridgehead atoms. The molecule has 19 heavy (non-hydrogen) atoms. The molecule has 1 saturated carbocycles. The fourth-order valence-corrected chi connectivity index (χ4v) is 3.95. The summed E-state index contributed by atoms with van der Waals surface area (Å²) in [4.78, 5) is 2.69. The van der Waals surface area contributed by atoms with E-state index in [2.05, 4.69) is 24.1 Å². The van der Waals surface area contributed by atoms with E-state index in [0.717, 1.165) is 19.1 Å². The highest BCUT2D eigenvalue weighted by Gasteiger charge is 2.34. The number of methoxy groups -OCH3 is 1. The number of nitrogens with zero attached hydrogens (tertiary/aromatic N) is 1. The van der Waals surface area contributed by atoms with Gasteiger partial charge in [0.15, 0.2) is 0 Å². The third-order valence-electron chi connectivity index (χ3n) is 5.16. The molecule has 2 fully saturated rings. The van der Waals surface area contributed by atoms with E-state index in [-0.39, 0.29) is 0 Å². The van der Waals surface area contributed by atoms with Crippen molar-refractivity contribution in [3.05, 3.63) is 0 Å². The van der Waals surface area contributed by atoms with Crippen LogP contribution in [-0.2, 0) is 4.74 Å². The number of rotatable bonds is 5. The van der Waals surface area contributed by atoms with Gasteiger partial charge in [-0.2, -0.15) is 0 Å². The molecular formula is C16H32N2O. The van der Waals surface area contributed by atoms with Crippen molar-refractivity contribution in [3.8, 4) is 0 Å². The molecule has 0 aromatic carbocycles. The molecule has 1 heterocycles.